The van der Waals surface area contributed by atoms with Gasteiger partial charge in [0.05, 0.1) is 17.5 Å². The predicted octanol–water partition coefficient (Wildman–Crippen LogP) is 1.90. The molecule has 0 spiro atoms. The van der Waals surface area contributed by atoms with Gasteiger partial charge in [0.15, 0.2) is 0 Å². The van der Waals surface area contributed by atoms with Crippen molar-refractivity contribution < 1.29 is 9.90 Å². The Bertz CT molecular complexity index is 640. The fraction of sp³-hybridized carbons (Fsp3) is 0.462. The summed E-state index contributed by atoms with van der Waals surface area (Å²) >= 11 is 1.64. The third kappa shape index (κ3) is 2.11. The Kier molecular flexibility index (Phi) is 2.99. The van der Waals surface area contributed by atoms with Crippen LogP contribution in [-0.2, 0) is 7.05 Å². The zero-order valence-corrected chi connectivity index (χ0v) is 11.7. The van der Waals surface area contributed by atoms with Crippen molar-refractivity contribution >= 4 is 17.1 Å². The summed E-state index contributed by atoms with van der Waals surface area (Å²) < 4.78 is 1.50. The standard InChI is InChI=1S/C13H15N3O2S/c1-7-12(8-3-4-8)19-13(15-7)9-5-14-16(2)11(9)10(18)6-17/h5,8,17H,3-4,6H2,1-2H3. The molecule has 0 amide bonds. The molecule has 2 heterocycles. The van der Waals surface area contributed by atoms with Crippen molar-refractivity contribution in [3.05, 3.63) is 22.5 Å². The lowest BCUT2D eigenvalue weighted by atomic mass is 10.2. The molecule has 0 saturated heterocycles. The van der Waals surface area contributed by atoms with Crippen LogP contribution < -0.4 is 0 Å². The second-order valence-corrected chi connectivity index (χ2v) is 5.89. The van der Waals surface area contributed by atoms with Crippen molar-refractivity contribution in [3.8, 4) is 10.6 Å². The number of hydrogen-bond acceptors (Lipinski definition) is 5. The third-order valence-electron chi connectivity index (χ3n) is 3.36. The molecule has 5 nitrogen and oxygen atoms in total. The zero-order chi connectivity index (χ0) is 13.6. The summed E-state index contributed by atoms with van der Waals surface area (Å²) in [4.78, 5) is 17.7. The van der Waals surface area contributed by atoms with Crippen LogP contribution in [0, 0.1) is 6.92 Å². The van der Waals surface area contributed by atoms with Crippen LogP contribution in [0.2, 0.25) is 0 Å². The Labute approximate surface area is 114 Å². The first-order chi connectivity index (χ1) is 9.11. The van der Waals surface area contributed by atoms with Crippen molar-refractivity contribution in [2.24, 2.45) is 7.05 Å². The largest absolute Gasteiger partial charge is 0.388 e. The summed E-state index contributed by atoms with van der Waals surface area (Å²) in [6, 6.07) is 0. The number of aromatic nitrogens is 3. The van der Waals surface area contributed by atoms with E-state index in [2.05, 4.69) is 10.1 Å². The number of aryl methyl sites for hydroxylation is 2. The van der Waals surface area contributed by atoms with Crippen LogP contribution in [0.5, 0.6) is 0 Å². The lowest BCUT2D eigenvalue weighted by Gasteiger charge is -2.00. The van der Waals surface area contributed by atoms with Gasteiger partial charge in [-0.2, -0.15) is 5.10 Å². The van der Waals surface area contributed by atoms with Gasteiger partial charge in [-0.05, 0) is 25.7 Å². The van der Waals surface area contributed by atoms with E-state index < -0.39 is 6.61 Å². The van der Waals surface area contributed by atoms with E-state index in [1.165, 1.54) is 22.4 Å². The molecule has 0 aliphatic heterocycles. The van der Waals surface area contributed by atoms with Gasteiger partial charge in [0.25, 0.3) is 0 Å². The van der Waals surface area contributed by atoms with E-state index in [0.29, 0.717) is 11.6 Å². The molecule has 1 aliphatic carbocycles. The summed E-state index contributed by atoms with van der Waals surface area (Å²) in [5.74, 6) is 0.329. The van der Waals surface area contributed by atoms with Crippen LogP contribution in [0.25, 0.3) is 10.6 Å². The van der Waals surface area contributed by atoms with E-state index >= 15 is 0 Å². The first kappa shape index (κ1) is 12.5. The van der Waals surface area contributed by atoms with Crippen LogP contribution in [-0.4, -0.2) is 32.3 Å². The van der Waals surface area contributed by atoms with Gasteiger partial charge in [0, 0.05) is 11.9 Å². The molecule has 0 aromatic carbocycles. The Morgan fingerprint density at radius 2 is 2.32 bits per heavy atom. The maximum Gasteiger partial charge on any atom is 0.206 e. The molecule has 19 heavy (non-hydrogen) atoms. The summed E-state index contributed by atoms with van der Waals surface area (Å²) in [5, 5.41) is 14.0. The number of rotatable bonds is 4. The molecule has 1 fully saturated rings. The van der Waals surface area contributed by atoms with Crippen LogP contribution in [0.15, 0.2) is 6.20 Å². The van der Waals surface area contributed by atoms with E-state index in [4.69, 9.17) is 5.11 Å². The van der Waals surface area contributed by atoms with Crippen molar-refractivity contribution in [2.45, 2.75) is 25.7 Å². The number of aliphatic hydroxyl groups is 1. The van der Waals surface area contributed by atoms with Gasteiger partial charge in [-0.15, -0.1) is 11.3 Å². The molecule has 2 aromatic rings. The molecular weight excluding hydrogens is 262 g/mol. The molecule has 6 heteroatoms. The van der Waals surface area contributed by atoms with Gasteiger partial charge in [0.2, 0.25) is 5.78 Å². The zero-order valence-electron chi connectivity index (χ0n) is 10.9. The molecule has 2 aromatic heterocycles. The normalized spacial score (nSPS) is 14.9. The maximum atomic E-state index is 11.8. The second kappa shape index (κ2) is 4.54. The number of carbonyl (C=O) groups is 1. The van der Waals surface area contributed by atoms with Gasteiger partial charge in [-0.3, -0.25) is 9.48 Å². The highest BCUT2D eigenvalue weighted by atomic mass is 32.1. The molecule has 1 N–H and O–H groups in total. The van der Waals surface area contributed by atoms with Gasteiger partial charge in [0.1, 0.15) is 17.3 Å². The number of Topliss-reactive ketones (excluding diaryl/α,β-unsaturated/α-hetero) is 1. The minimum atomic E-state index is -0.508. The van der Waals surface area contributed by atoms with Crippen molar-refractivity contribution in [2.75, 3.05) is 6.61 Å². The fourth-order valence-corrected chi connectivity index (χ4v) is 3.49. The van der Waals surface area contributed by atoms with Crippen molar-refractivity contribution in [3.63, 3.8) is 0 Å². The van der Waals surface area contributed by atoms with Crippen molar-refractivity contribution in [1.29, 1.82) is 0 Å². The number of ketones is 1. The molecular formula is C13H15N3O2S. The quantitative estimate of drug-likeness (QED) is 0.867. The van der Waals surface area contributed by atoms with E-state index in [9.17, 15) is 4.79 Å². The molecule has 100 valence electrons. The lowest BCUT2D eigenvalue weighted by Crippen LogP contribution is -2.11. The summed E-state index contributed by atoms with van der Waals surface area (Å²) in [5.41, 5.74) is 2.20. The molecule has 0 radical (unpaired) electrons. The Morgan fingerprint density at radius 3 is 2.95 bits per heavy atom. The average Bonchev–Trinajstić information content (AvgIpc) is 3.06. The minimum Gasteiger partial charge on any atom is -0.388 e. The number of hydrogen-bond donors (Lipinski definition) is 1. The van der Waals surface area contributed by atoms with Crippen LogP contribution >= 0.6 is 11.3 Å². The first-order valence-corrected chi connectivity index (χ1v) is 7.07. The second-order valence-electron chi connectivity index (χ2n) is 4.85. The third-order valence-corrected chi connectivity index (χ3v) is 4.71. The predicted molar refractivity (Wildman–Crippen MR) is 72.4 cm³/mol. The topological polar surface area (TPSA) is 68.0 Å². The van der Waals surface area contributed by atoms with Gasteiger partial charge >= 0.3 is 0 Å². The highest BCUT2D eigenvalue weighted by Gasteiger charge is 2.29. The van der Waals surface area contributed by atoms with Crippen LogP contribution in [0.4, 0.5) is 0 Å². The molecule has 0 unspecified atom stereocenters. The fourth-order valence-electron chi connectivity index (χ4n) is 2.25. The van der Waals surface area contributed by atoms with Gasteiger partial charge in [-0.25, -0.2) is 4.98 Å². The Hall–Kier alpha value is -1.53. The SMILES string of the molecule is Cc1nc(-c2cnn(C)c2C(=O)CO)sc1C1CC1. The van der Waals surface area contributed by atoms with Crippen molar-refractivity contribution in [1.82, 2.24) is 14.8 Å². The molecule has 1 aliphatic rings. The average molecular weight is 277 g/mol. The molecule has 0 atom stereocenters. The van der Waals surface area contributed by atoms with Crippen LogP contribution in [0.1, 0.15) is 39.8 Å². The minimum absolute atomic E-state index is 0.323. The Morgan fingerprint density at radius 1 is 1.58 bits per heavy atom. The number of carbonyl (C=O) groups excluding carboxylic acids is 1. The Balaban J connectivity index is 2.06. The van der Waals surface area contributed by atoms with Gasteiger partial charge < -0.3 is 5.11 Å². The molecule has 1 saturated carbocycles. The lowest BCUT2D eigenvalue weighted by molar-refractivity contribution is 0.0895. The summed E-state index contributed by atoms with van der Waals surface area (Å²) in [6.45, 7) is 1.50. The highest BCUT2D eigenvalue weighted by Crippen LogP contribution is 2.46. The van der Waals surface area contributed by atoms with E-state index in [1.807, 2.05) is 6.92 Å². The molecule has 0 bridgehead atoms. The summed E-state index contributed by atoms with van der Waals surface area (Å²) in [6.07, 6.45) is 4.12. The number of aliphatic hydroxyl groups excluding tert-OH is 1. The van der Waals surface area contributed by atoms with Crippen LogP contribution in [0.3, 0.4) is 0 Å². The highest BCUT2D eigenvalue weighted by molar-refractivity contribution is 7.15. The van der Waals surface area contributed by atoms with E-state index in [0.717, 1.165) is 16.3 Å². The number of thiazole rings is 1. The van der Waals surface area contributed by atoms with E-state index in [1.54, 1.807) is 24.6 Å². The molecule has 3 rings (SSSR count). The number of nitrogens with zero attached hydrogens (tertiary/aromatic N) is 3. The smallest absolute Gasteiger partial charge is 0.206 e. The van der Waals surface area contributed by atoms with E-state index in [-0.39, 0.29) is 5.78 Å². The van der Waals surface area contributed by atoms with Gasteiger partial charge in [-0.1, -0.05) is 0 Å². The maximum absolute atomic E-state index is 11.8. The summed E-state index contributed by atoms with van der Waals surface area (Å²) in [7, 11) is 1.70. The monoisotopic (exact) mass is 277 g/mol. The first-order valence-electron chi connectivity index (χ1n) is 6.25.